The Hall–Kier alpha value is -1.69. The van der Waals surface area contributed by atoms with Crippen molar-refractivity contribution >= 4 is 27.8 Å². The molecule has 1 aliphatic heterocycles. The van der Waals surface area contributed by atoms with Crippen molar-refractivity contribution in [3.05, 3.63) is 0 Å². The van der Waals surface area contributed by atoms with Gasteiger partial charge in [-0.1, -0.05) is 0 Å². The maximum absolute atomic E-state index is 13.8. The first-order valence-electron chi connectivity index (χ1n) is 13.1. The number of carbonyl (C=O) groups excluding carboxylic acids is 3. The second kappa shape index (κ2) is 7.92. The summed E-state index contributed by atoms with van der Waals surface area (Å²) in [6.07, 6.45) is 0.710. The van der Waals surface area contributed by atoms with Gasteiger partial charge in [0, 0.05) is 23.7 Å². The molecule has 0 amide bonds. The third-order valence-electron chi connectivity index (χ3n) is 10.5. The molecule has 0 radical (unpaired) electrons. The Morgan fingerprint density at radius 1 is 1.05 bits per heavy atom. The molecule has 0 aromatic carbocycles. The fourth-order valence-electron chi connectivity index (χ4n) is 9.47. The fraction of sp³-hybridized carbons (Fsp3) is 0.880. The number of ketones is 1. The summed E-state index contributed by atoms with van der Waals surface area (Å²) in [4.78, 5) is 39.6. The van der Waals surface area contributed by atoms with Crippen LogP contribution in [0.1, 0.15) is 58.3 Å². The van der Waals surface area contributed by atoms with Crippen molar-refractivity contribution in [3.8, 4) is 0 Å². The molecule has 6 saturated carbocycles. The van der Waals surface area contributed by atoms with Crippen LogP contribution in [0.15, 0.2) is 0 Å². The maximum Gasteiger partial charge on any atom is 0.429 e. The monoisotopic (exact) mass is 548 g/mol. The maximum atomic E-state index is 13.8. The van der Waals surface area contributed by atoms with Gasteiger partial charge in [0.2, 0.25) is 5.60 Å². The number of rotatable bonds is 7. The Labute approximate surface area is 212 Å². The summed E-state index contributed by atoms with van der Waals surface area (Å²) in [7, 11) is -5.15. The molecule has 37 heavy (non-hydrogen) atoms. The molecule has 7 rings (SSSR count). The number of esters is 2. The van der Waals surface area contributed by atoms with Crippen molar-refractivity contribution in [2.24, 2.45) is 52.8 Å². The highest BCUT2D eigenvalue weighted by atomic mass is 32.2. The number of alkyl halides is 3. The lowest BCUT2D eigenvalue weighted by Gasteiger charge is -2.56. The average Bonchev–Trinajstić information content (AvgIpc) is 3.34. The molecule has 12 heteroatoms. The molecule has 0 aromatic heterocycles. The summed E-state index contributed by atoms with van der Waals surface area (Å²) in [6, 6.07) is 0. The SMILES string of the molecule is CC(CS(=O)(=O)O)(OC(=O)C1C2CC3C(OC(=O)C31)C2CC(=O)C12CC3CC(CC(C3)C1)C2)C(F)(F)F. The van der Waals surface area contributed by atoms with E-state index in [9.17, 15) is 36.0 Å². The van der Waals surface area contributed by atoms with Crippen molar-refractivity contribution in [2.75, 3.05) is 5.75 Å². The Bertz CT molecular complexity index is 1110. The highest BCUT2D eigenvalue weighted by molar-refractivity contribution is 7.85. The molecule has 0 spiro atoms. The largest absolute Gasteiger partial charge is 0.461 e. The summed E-state index contributed by atoms with van der Waals surface area (Å²) in [6.45, 7) is 0.385. The standard InChI is InChI=1S/C25H31F3O8S/c1-23(25(26,27)28,10-37(32,33)34)36-22(31)18-14-5-16-19(18)21(30)35-20(16)15(14)6-17(29)24-7-11-2-12(8-24)4-13(3-11)9-24/h11-16,18-20H,2-10H2,1H3,(H,32,33,34). The molecule has 7 aliphatic rings. The molecule has 0 aromatic rings. The molecule has 7 unspecified atom stereocenters. The molecule has 7 atom stereocenters. The van der Waals surface area contributed by atoms with Crippen molar-refractivity contribution in [2.45, 2.75) is 76.2 Å². The van der Waals surface area contributed by atoms with Gasteiger partial charge in [-0.3, -0.25) is 18.9 Å². The van der Waals surface area contributed by atoms with E-state index in [4.69, 9.17) is 14.0 Å². The van der Waals surface area contributed by atoms with Crippen LogP contribution in [0.3, 0.4) is 0 Å². The first kappa shape index (κ1) is 25.6. The van der Waals surface area contributed by atoms with Crippen LogP contribution in [0.5, 0.6) is 0 Å². The summed E-state index contributed by atoms with van der Waals surface area (Å²) in [5, 5.41) is 0. The summed E-state index contributed by atoms with van der Waals surface area (Å²) < 4.78 is 83.3. The zero-order valence-corrected chi connectivity index (χ0v) is 21.2. The number of hydrogen-bond acceptors (Lipinski definition) is 7. The van der Waals surface area contributed by atoms with Gasteiger partial charge in [0.25, 0.3) is 10.1 Å². The third kappa shape index (κ3) is 3.94. The fourth-order valence-corrected chi connectivity index (χ4v) is 10.4. The Kier molecular flexibility index (Phi) is 5.48. The number of carbonyl (C=O) groups is 3. The van der Waals surface area contributed by atoms with Gasteiger partial charge in [-0.15, -0.1) is 0 Å². The lowest BCUT2D eigenvalue weighted by molar-refractivity contribution is -0.259. The molecule has 1 saturated heterocycles. The van der Waals surface area contributed by atoms with Crippen molar-refractivity contribution in [1.29, 1.82) is 0 Å². The van der Waals surface area contributed by atoms with Crippen LogP contribution in [-0.4, -0.2) is 54.3 Å². The minimum atomic E-state index is -5.29. The topological polar surface area (TPSA) is 124 Å². The van der Waals surface area contributed by atoms with Crippen LogP contribution in [0, 0.1) is 52.8 Å². The Morgan fingerprint density at radius 3 is 2.14 bits per heavy atom. The molecule has 8 nitrogen and oxygen atoms in total. The smallest absolute Gasteiger partial charge is 0.429 e. The van der Waals surface area contributed by atoms with Crippen molar-refractivity contribution in [1.82, 2.24) is 0 Å². The van der Waals surface area contributed by atoms with Gasteiger partial charge >= 0.3 is 18.1 Å². The number of fused-ring (bicyclic) bond motifs is 1. The molecule has 6 aliphatic carbocycles. The van der Waals surface area contributed by atoms with Crippen LogP contribution in [-0.2, 0) is 34.0 Å². The Balaban J connectivity index is 1.24. The van der Waals surface area contributed by atoms with Crippen LogP contribution in [0.4, 0.5) is 13.2 Å². The van der Waals surface area contributed by atoms with E-state index in [1.54, 1.807) is 0 Å². The predicted molar refractivity (Wildman–Crippen MR) is 119 cm³/mol. The second-order valence-electron chi connectivity index (χ2n) is 12.9. The summed E-state index contributed by atoms with van der Waals surface area (Å²) in [5.74, 6) is -5.79. The number of halogens is 3. The van der Waals surface area contributed by atoms with Gasteiger partial charge in [-0.25, -0.2) is 0 Å². The van der Waals surface area contributed by atoms with E-state index in [0.29, 0.717) is 31.1 Å². The zero-order valence-electron chi connectivity index (χ0n) is 20.4. The van der Waals surface area contributed by atoms with Gasteiger partial charge in [0.15, 0.2) is 0 Å². The minimum Gasteiger partial charge on any atom is -0.461 e. The van der Waals surface area contributed by atoms with E-state index < -0.39 is 69.4 Å². The minimum absolute atomic E-state index is 0.113. The summed E-state index contributed by atoms with van der Waals surface area (Å²) in [5.41, 5.74) is -3.88. The molecular formula is C25H31F3O8S. The van der Waals surface area contributed by atoms with Gasteiger partial charge in [-0.05, 0) is 75.5 Å². The highest BCUT2D eigenvalue weighted by Crippen LogP contribution is 2.64. The van der Waals surface area contributed by atoms with E-state index >= 15 is 0 Å². The van der Waals surface area contributed by atoms with Gasteiger partial charge < -0.3 is 9.47 Å². The predicted octanol–water partition coefficient (Wildman–Crippen LogP) is 3.34. The number of hydrogen-bond donors (Lipinski definition) is 1. The van der Waals surface area contributed by atoms with Gasteiger partial charge in [0.05, 0.1) is 11.8 Å². The van der Waals surface area contributed by atoms with E-state index in [-0.39, 0.29) is 23.5 Å². The van der Waals surface area contributed by atoms with Crippen LogP contribution in [0.2, 0.25) is 0 Å². The van der Waals surface area contributed by atoms with E-state index in [2.05, 4.69) is 0 Å². The van der Waals surface area contributed by atoms with E-state index in [1.165, 1.54) is 0 Å². The Morgan fingerprint density at radius 2 is 1.62 bits per heavy atom. The van der Waals surface area contributed by atoms with Crippen molar-refractivity contribution in [3.63, 3.8) is 0 Å². The molecule has 1 N–H and O–H groups in total. The average molecular weight is 549 g/mol. The number of ether oxygens (including phenoxy) is 2. The highest BCUT2D eigenvalue weighted by Gasteiger charge is 2.70. The zero-order chi connectivity index (χ0) is 26.7. The quantitative estimate of drug-likeness (QED) is 0.380. The van der Waals surface area contributed by atoms with Gasteiger partial charge in [0.1, 0.15) is 17.6 Å². The van der Waals surface area contributed by atoms with Crippen LogP contribution in [0.25, 0.3) is 0 Å². The van der Waals surface area contributed by atoms with Crippen LogP contribution < -0.4 is 0 Å². The van der Waals surface area contributed by atoms with E-state index in [1.807, 2.05) is 0 Å². The first-order chi connectivity index (χ1) is 17.1. The van der Waals surface area contributed by atoms with Gasteiger partial charge in [-0.2, -0.15) is 21.6 Å². The molecule has 1 heterocycles. The van der Waals surface area contributed by atoms with E-state index in [0.717, 1.165) is 38.5 Å². The molecule has 206 valence electrons. The number of Topliss-reactive ketones (excluding diaryl/α,β-unsaturated/α-hetero) is 1. The normalized spacial score (nSPS) is 45.1. The first-order valence-corrected chi connectivity index (χ1v) is 14.7. The van der Waals surface area contributed by atoms with Crippen LogP contribution >= 0.6 is 0 Å². The second-order valence-corrected chi connectivity index (χ2v) is 14.3. The molecule has 7 fully saturated rings. The third-order valence-corrected chi connectivity index (χ3v) is 11.4. The summed E-state index contributed by atoms with van der Waals surface area (Å²) >= 11 is 0. The van der Waals surface area contributed by atoms with Crippen molar-refractivity contribution < 1.29 is 50.0 Å². The molecular weight excluding hydrogens is 517 g/mol. The lowest BCUT2D eigenvalue weighted by Crippen LogP contribution is -2.53. The lowest BCUT2D eigenvalue weighted by atomic mass is 9.48. The molecule has 6 bridgehead atoms.